The molecule has 0 unspecified atom stereocenters. The van der Waals surface area contributed by atoms with Crippen molar-refractivity contribution in [2.45, 2.75) is 13.8 Å². The van der Waals surface area contributed by atoms with Crippen LogP contribution in [0.4, 0.5) is 11.4 Å². The predicted octanol–water partition coefficient (Wildman–Crippen LogP) is 2.99. The molecule has 1 heterocycles. The summed E-state index contributed by atoms with van der Waals surface area (Å²) in [6.45, 7) is 4.02. The number of nitrogens with one attached hydrogen (secondary N) is 2. The van der Waals surface area contributed by atoms with E-state index in [9.17, 15) is 4.79 Å². The smallest absolute Gasteiger partial charge is 0.259 e. The van der Waals surface area contributed by atoms with Crippen LogP contribution >= 0.6 is 0 Å². The molecule has 4 nitrogen and oxygen atoms in total. The second-order valence-corrected chi connectivity index (χ2v) is 4.37. The van der Waals surface area contributed by atoms with Gasteiger partial charge in [0.15, 0.2) is 0 Å². The molecule has 0 saturated heterocycles. The third-order valence-electron chi connectivity index (χ3n) is 3.19. The van der Waals surface area contributed by atoms with Crippen molar-refractivity contribution < 1.29 is 4.79 Å². The van der Waals surface area contributed by atoms with Crippen molar-refractivity contribution in [1.82, 2.24) is 4.98 Å². The Morgan fingerprint density at radius 1 is 1.16 bits per heavy atom. The number of hydrogen-bond acceptors (Lipinski definition) is 3. The van der Waals surface area contributed by atoms with Crippen LogP contribution in [-0.2, 0) is 0 Å². The summed E-state index contributed by atoms with van der Waals surface area (Å²) in [5, 5.41) is 5.91. The van der Waals surface area contributed by atoms with Crippen molar-refractivity contribution in [1.29, 1.82) is 0 Å². The molecular weight excluding hydrogens is 238 g/mol. The minimum Gasteiger partial charge on any atom is -0.387 e. The van der Waals surface area contributed by atoms with E-state index in [0.717, 1.165) is 22.5 Å². The Balaban J connectivity index is 2.28. The van der Waals surface area contributed by atoms with Crippen LogP contribution in [-0.4, -0.2) is 17.9 Å². The summed E-state index contributed by atoms with van der Waals surface area (Å²) in [5.41, 5.74) is 4.35. The van der Waals surface area contributed by atoms with E-state index in [4.69, 9.17) is 0 Å². The average molecular weight is 255 g/mol. The Hall–Kier alpha value is -2.36. The highest BCUT2D eigenvalue weighted by Crippen LogP contribution is 2.20. The quantitative estimate of drug-likeness (QED) is 0.886. The molecule has 2 N–H and O–H groups in total. The summed E-state index contributed by atoms with van der Waals surface area (Å²) >= 11 is 0. The van der Waals surface area contributed by atoms with Gasteiger partial charge in [0.25, 0.3) is 5.91 Å². The number of benzene rings is 1. The van der Waals surface area contributed by atoms with Gasteiger partial charge in [-0.05, 0) is 37.1 Å². The Morgan fingerprint density at radius 3 is 2.68 bits per heavy atom. The van der Waals surface area contributed by atoms with Crippen molar-refractivity contribution in [3.05, 3.63) is 53.3 Å². The predicted molar refractivity (Wildman–Crippen MR) is 77.7 cm³/mol. The van der Waals surface area contributed by atoms with Crippen LogP contribution in [0.3, 0.4) is 0 Å². The summed E-state index contributed by atoms with van der Waals surface area (Å²) in [4.78, 5) is 16.3. The molecule has 0 atom stereocenters. The van der Waals surface area contributed by atoms with Gasteiger partial charge in [-0.15, -0.1) is 0 Å². The lowest BCUT2D eigenvalue weighted by molar-refractivity contribution is 0.102. The van der Waals surface area contributed by atoms with Gasteiger partial charge in [-0.2, -0.15) is 0 Å². The Labute approximate surface area is 112 Å². The average Bonchev–Trinajstić information content (AvgIpc) is 2.43. The van der Waals surface area contributed by atoms with Crippen molar-refractivity contribution >= 4 is 17.3 Å². The van der Waals surface area contributed by atoms with E-state index in [0.29, 0.717) is 5.56 Å². The fourth-order valence-electron chi connectivity index (χ4n) is 1.87. The van der Waals surface area contributed by atoms with Gasteiger partial charge in [-0.1, -0.05) is 12.1 Å². The first-order valence-electron chi connectivity index (χ1n) is 6.13. The van der Waals surface area contributed by atoms with Crippen LogP contribution in [0.15, 0.2) is 36.7 Å². The number of aryl methyl sites for hydroxylation is 1. The highest BCUT2D eigenvalue weighted by Gasteiger charge is 2.12. The Kier molecular flexibility index (Phi) is 3.80. The molecular formula is C15H17N3O. The van der Waals surface area contributed by atoms with Gasteiger partial charge in [0.1, 0.15) is 0 Å². The van der Waals surface area contributed by atoms with E-state index in [1.54, 1.807) is 25.5 Å². The number of anilines is 2. The first kappa shape index (κ1) is 13.1. The Morgan fingerprint density at radius 2 is 1.95 bits per heavy atom. The van der Waals surface area contributed by atoms with Crippen LogP contribution < -0.4 is 10.6 Å². The van der Waals surface area contributed by atoms with Crippen LogP contribution in [0, 0.1) is 13.8 Å². The number of rotatable bonds is 3. The summed E-state index contributed by atoms with van der Waals surface area (Å²) in [7, 11) is 1.78. The molecule has 0 aliphatic carbocycles. The topological polar surface area (TPSA) is 54.0 Å². The number of pyridine rings is 1. The zero-order chi connectivity index (χ0) is 13.8. The van der Waals surface area contributed by atoms with E-state index in [1.165, 1.54) is 0 Å². The van der Waals surface area contributed by atoms with E-state index >= 15 is 0 Å². The van der Waals surface area contributed by atoms with Crippen molar-refractivity contribution in [2.24, 2.45) is 0 Å². The number of carbonyl (C=O) groups is 1. The maximum absolute atomic E-state index is 12.3. The van der Waals surface area contributed by atoms with Crippen molar-refractivity contribution in [3.63, 3.8) is 0 Å². The maximum atomic E-state index is 12.3. The molecule has 0 fully saturated rings. The van der Waals surface area contributed by atoms with E-state index < -0.39 is 0 Å². The summed E-state index contributed by atoms with van der Waals surface area (Å²) in [5.74, 6) is -0.161. The highest BCUT2D eigenvalue weighted by molar-refractivity contribution is 6.08. The molecule has 0 aliphatic heterocycles. The molecule has 2 aromatic rings. The first-order valence-corrected chi connectivity index (χ1v) is 6.13. The lowest BCUT2D eigenvalue weighted by Crippen LogP contribution is -2.15. The minimum absolute atomic E-state index is 0.161. The Bertz CT molecular complexity index is 608. The van der Waals surface area contributed by atoms with Gasteiger partial charge in [0.05, 0.1) is 5.56 Å². The monoisotopic (exact) mass is 255 g/mol. The van der Waals surface area contributed by atoms with Gasteiger partial charge in [0, 0.05) is 30.8 Å². The normalized spacial score (nSPS) is 10.1. The molecule has 0 bridgehead atoms. The largest absolute Gasteiger partial charge is 0.387 e. The second-order valence-electron chi connectivity index (χ2n) is 4.37. The van der Waals surface area contributed by atoms with Crippen LogP contribution in [0.25, 0.3) is 0 Å². The van der Waals surface area contributed by atoms with Gasteiger partial charge in [-0.3, -0.25) is 9.78 Å². The molecule has 1 aromatic heterocycles. The fourth-order valence-corrected chi connectivity index (χ4v) is 1.87. The molecule has 19 heavy (non-hydrogen) atoms. The summed E-state index contributed by atoms with van der Waals surface area (Å²) in [6.07, 6.45) is 3.22. The van der Waals surface area contributed by atoms with Gasteiger partial charge in [0.2, 0.25) is 0 Å². The van der Waals surface area contributed by atoms with E-state index in [2.05, 4.69) is 15.6 Å². The third kappa shape index (κ3) is 2.73. The van der Waals surface area contributed by atoms with Crippen molar-refractivity contribution in [3.8, 4) is 0 Å². The van der Waals surface area contributed by atoms with Gasteiger partial charge < -0.3 is 10.6 Å². The molecule has 0 saturated carbocycles. The van der Waals surface area contributed by atoms with Crippen LogP contribution in [0.5, 0.6) is 0 Å². The standard InChI is InChI=1S/C15H17N3O/c1-10-5-4-6-13(11(10)2)18-15(19)12-9-17-8-7-14(12)16-3/h4-9H,1-3H3,(H,16,17)(H,18,19). The van der Waals surface area contributed by atoms with Gasteiger partial charge >= 0.3 is 0 Å². The SMILES string of the molecule is CNc1ccncc1C(=O)Nc1cccc(C)c1C. The van der Waals surface area contributed by atoms with E-state index in [-0.39, 0.29) is 5.91 Å². The fraction of sp³-hybridized carbons (Fsp3) is 0.200. The third-order valence-corrected chi connectivity index (χ3v) is 3.19. The minimum atomic E-state index is -0.161. The second kappa shape index (κ2) is 5.52. The zero-order valence-electron chi connectivity index (χ0n) is 11.3. The summed E-state index contributed by atoms with van der Waals surface area (Å²) in [6, 6.07) is 7.63. The number of aromatic nitrogens is 1. The maximum Gasteiger partial charge on any atom is 0.259 e. The molecule has 98 valence electrons. The van der Waals surface area contributed by atoms with Crippen LogP contribution in [0.2, 0.25) is 0 Å². The summed E-state index contributed by atoms with van der Waals surface area (Å²) < 4.78 is 0. The molecule has 0 spiro atoms. The molecule has 2 rings (SSSR count). The molecule has 4 heteroatoms. The lowest BCUT2D eigenvalue weighted by Gasteiger charge is -2.12. The highest BCUT2D eigenvalue weighted by atomic mass is 16.1. The van der Waals surface area contributed by atoms with Crippen LogP contribution in [0.1, 0.15) is 21.5 Å². The zero-order valence-corrected chi connectivity index (χ0v) is 11.3. The molecule has 0 radical (unpaired) electrons. The van der Waals surface area contributed by atoms with Gasteiger partial charge in [-0.25, -0.2) is 0 Å². The number of amides is 1. The first-order chi connectivity index (χ1) is 9.13. The van der Waals surface area contributed by atoms with Crippen molar-refractivity contribution in [2.75, 3.05) is 17.7 Å². The molecule has 1 aromatic carbocycles. The number of carbonyl (C=O) groups excluding carboxylic acids is 1. The number of nitrogens with zero attached hydrogens (tertiary/aromatic N) is 1. The lowest BCUT2D eigenvalue weighted by atomic mass is 10.1. The van der Waals surface area contributed by atoms with E-state index in [1.807, 2.05) is 32.0 Å². The molecule has 0 aliphatic rings. The molecule has 1 amide bonds. The number of hydrogen-bond donors (Lipinski definition) is 2.